The van der Waals surface area contributed by atoms with Crippen LogP contribution in [0.3, 0.4) is 0 Å². The number of hydrogen-bond acceptors (Lipinski definition) is 6. The van der Waals surface area contributed by atoms with Crippen LogP contribution in [0, 0.1) is 11.8 Å². The number of anilines is 1. The van der Waals surface area contributed by atoms with E-state index in [1.807, 2.05) is 6.07 Å². The Morgan fingerprint density at radius 3 is 2.21 bits per heavy atom. The van der Waals surface area contributed by atoms with Gasteiger partial charge in [-0.25, -0.2) is 9.78 Å². The third-order valence-electron chi connectivity index (χ3n) is 8.03. The predicted octanol–water partition coefficient (Wildman–Crippen LogP) is 7.43. The Bertz CT molecular complexity index is 1710. The Labute approximate surface area is 256 Å². The molecule has 2 amide bonds. The number of nitrogens with zero attached hydrogens (tertiary/aromatic N) is 2. The standard InChI is InChI=1S/C33H26BrClN2O5/c1-18(30(38)20-6-11-22(35)12-7-20)42-33(41)27-17-29(36-28-15-10-21(34)16-26(27)28)19-8-13-23(14-9-19)37-31(39)24-4-2-3-5-25(24)32(37)40/h6-18,24-25H,2-5H2,1H3. The first-order valence-corrected chi connectivity index (χ1v) is 15.0. The molecule has 0 radical (unpaired) electrons. The maximum absolute atomic E-state index is 13.5. The minimum atomic E-state index is -1.03. The first kappa shape index (κ1) is 28.2. The third-order valence-corrected chi connectivity index (χ3v) is 8.78. The van der Waals surface area contributed by atoms with Gasteiger partial charge in [0, 0.05) is 26.0 Å². The van der Waals surface area contributed by atoms with Gasteiger partial charge in [-0.1, -0.05) is 52.5 Å². The fourth-order valence-electron chi connectivity index (χ4n) is 5.84. The Morgan fingerprint density at radius 2 is 1.57 bits per heavy atom. The quantitative estimate of drug-likeness (QED) is 0.123. The molecule has 3 atom stereocenters. The number of Topliss-reactive ketones (excluding diaryl/α,β-unsaturated/α-hetero) is 1. The largest absolute Gasteiger partial charge is 0.451 e. The molecule has 2 heterocycles. The van der Waals surface area contributed by atoms with Gasteiger partial charge in [-0.05, 0) is 80.4 Å². The van der Waals surface area contributed by atoms with Gasteiger partial charge < -0.3 is 4.74 Å². The van der Waals surface area contributed by atoms with Crippen molar-refractivity contribution >= 4 is 67.7 Å². The van der Waals surface area contributed by atoms with Gasteiger partial charge in [-0.15, -0.1) is 0 Å². The molecule has 9 heteroatoms. The van der Waals surface area contributed by atoms with Crippen LogP contribution in [-0.2, 0) is 14.3 Å². The summed E-state index contributed by atoms with van der Waals surface area (Å²) in [6.45, 7) is 1.53. The van der Waals surface area contributed by atoms with Crippen LogP contribution in [0.2, 0.25) is 5.02 Å². The van der Waals surface area contributed by atoms with Crippen molar-refractivity contribution in [2.75, 3.05) is 4.90 Å². The number of aromatic nitrogens is 1. The molecule has 3 unspecified atom stereocenters. The number of rotatable bonds is 6. The van der Waals surface area contributed by atoms with E-state index in [4.69, 9.17) is 21.3 Å². The maximum atomic E-state index is 13.5. The molecule has 1 saturated carbocycles. The van der Waals surface area contributed by atoms with Gasteiger partial charge in [-0.2, -0.15) is 0 Å². The van der Waals surface area contributed by atoms with Crippen LogP contribution < -0.4 is 4.90 Å². The van der Waals surface area contributed by atoms with Crippen LogP contribution in [0.5, 0.6) is 0 Å². The number of imide groups is 1. The number of pyridine rings is 1. The van der Waals surface area contributed by atoms with Crippen molar-refractivity contribution in [2.45, 2.75) is 38.7 Å². The van der Waals surface area contributed by atoms with Crippen molar-refractivity contribution in [2.24, 2.45) is 11.8 Å². The van der Waals surface area contributed by atoms with Crippen molar-refractivity contribution in [1.82, 2.24) is 4.98 Å². The molecule has 0 N–H and O–H groups in total. The average Bonchev–Trinajstić information content (AvgIpc) is 3.26. The van der Waals surface area contributed by atoms with Crippen LogP contribution in [0.15, 0.2) is 77.3 Å². The summed E-state index contributed by atoms with van der Waals surface area (Å²) >= 11 is 9.39. The Hall–Kier alpha value is -3.88. The summed E-state index contributed by atoms with van der Waals surface area (Å²) in [5.74, 6) is -1.71. The molecule has 2 aliphatic rings. The van der Waals surface area contributed by atoms with Crippen molar-refractivity contribution < 1.29 is 23.9 Å². The van der Waals surface area contributed by atoms with E-state index in [1.54, 1.807) is 66.7 Å². The number of esters is 1. The minimum Gasteiger partial charge on any atom is -0.451 e. The number of amides is 2. The fraction of sp³-hybridized carbons (Fsp3) is 0.242. The molecule has 7 nitrogen and oxygen atoms in total. The summed E-state index contributed by atoms with van der Waals surface area (Å²) in [5, 5.41) is 1.07. The summed E-state index contributed by atoms with van der Waals surface area (Å²) in [4.78, 5) is 58.5. The predicted molar refractivity (Wildman–Crippen MR) is 163 cm³/mol. The van der Waals surface area contributed by atoms with E-state index in [9.17, 15) is 19.2 Å². The monoisotopic (exact) mass is 644 g/mol. The normalized spacial score (nSPS) is 19.1. The molecule has 1 aromatic heterocycles. The number of benzene rings is 3. The van der Waals surface area contributed by atoms with E-state index in [-0.39, 0.29) is 35.0 Å². The smallest absolute Gasteiger partial charge is 0.339 e. The molecule has 1 saturated heterocycles. The molecule has 3 aromatic carbocycles. The van der Waals surface area contributed by atoms with Gasteiger partial charge in [0.05, 0.1) is 34.3 Å². The van der Waals surface area contributed by atoms with Crippen molar-refractivity contribution in [3.8, 4) is 11.3 Å². The molecular weight excluding hydrogens is 620 g/mol. The summed E-state index contributed by atoms with van der Waals surface area (Å²) < 4.78 is 6.39. The van der Waals surface area contributed by atoms with E-state index in [1.165, 1.54) is 11.8 Å². The highest BCUT2D eigenvalue weighted by Crippen LogP contribution is 2.40. The van der Waals surface area contributed by atoms with Crippen molar-refractivity contribution in [1.29, 1.82) is 0 Å². The minimum absolute atomic E-state index is 0.126. The zero-order valence-corrected chi connectivity index (χ0v) is 25.0. The second-order valence-electron chi connectivity index (χ2n) is 10.7. The van der Waals surface area contributed by atoms with Gasteiger partial charge in [0.15, 0.2) is 6.10 Å². The SMILES string of the molecule is CC(OC(=O)c1cc(-c2ccc(N3C(=O)C4CCCCC4C3=O)cc2)nc2ccc(Br)cc12)C(=O)c1ccc(Cl)cc1. The van der Waals surface area contributed by atoms with E-state index < -0.39 is 12.1 Å². The molecule has 4 aromatic rings. The lowest BCUT2D eigenvalue weighted by atomic mass is 9.81. The summed E-state index contributed by atoms with van der Waals surface area (Å²) in [7, 11) is 0. The number of ketones is 1. The van der Waals surface area contributed by atoms with Crippen molar-refractivity contribution in [3.63, 3.8) is 0 Å². The molecule has 6 rings (SSSR count). The molecule has 1 aliphatic carbocycles. The molecular formula is C33H26BrClN2O5. The second-order valence-corrected chi connectivity index (χ2v) is 12.0. The van der Waals surface area contributed by atoms with Crippen LogP contribution in [-0.4, -0.2) is 34.7 Å². The fourth-order valence-corrected chi connectivity index (χ4v) is 6.33. The Balaban J connectivity index is 1.30. The van der Waals surface area contributed by atoms with Crippen LogP contribution >= 0.6 is 27.5 Å². The summed E-state index contributed by atoms with van der Waals surface area (Å²) in [6.07, 6.45) is 2.41. The van der Waals surface area contributed by atoms with Gasteiger partial charge in [0.25, 0.3) is 0 Å². The highest BCUT2D eigenvalue weighted by atomic mass is 79.9. The highest BCUT2D eigenvalue weighted by molar-refractivity contribution is 9.10. The highest BCUT2D eigenvalue weighted by Gasteiger charge is 2.48. The number of hydrogen-bond donors (Lipinski definition) is 0. The summed E-state index contributed by atoms with van der Waals surface area (Å²) in [6, 6.07) is 20.5. The molecule has 0 spiro atoms. The molecule has 1 aliphatic heterocycles. The first-order chi connectivity index (χ1) is 20.2. The summed E-state index contributed by atoms with van der Waals surface area (Å²) in [5.41, 5.74) is 2.94. The van der Waals surface area contributed by atoms with E-state index in [0.29, 0.717) is 38.4 Å². The van der Waals surface area contributed by atoms with E-state index in [2.05, 4.69) is 15.9 Å². The van der Waals surface area contributed by atoms with E-state index >= 15 is 0 Å². The average molecular weight is 646 g/mol. The van der Waals surface area contributed by atoms with Gasteiger partial charge in [0.1, 0.15) is 0 Å². The lowest BCUT2D eigenvalue weighted by molar-refractivity contribution is -0.122. The third kappa shape index (κ3) is 5.25. The molecule has 2 fully saturated rings. The van der Waals surface area contributed by atoms with Crippen LogP contribution in [0.4, 0.5) is 5.69 Å². The lowest BCUT2D eigenvalue weighted by Crippen LogP contribution is -2.30. The number of halogens is 2. The second kappa shape index (κ2) is 11.4. The van der Waals surface area contributed by atoms with Crippen LogP contribution in [0.25, 0.3) is 22.2 Å². The van der Waals surface area contributed by atoms with Crippen LogP contribution in [0.1, 0.15) is 53.3 Å². The van der Waals surface area contributed by atoms with Gasteiger partial charge in [-0.3, -0.25) is 19.3 Å². The van der Waals surface area contributed by atoms with Gasteiger partial charge >= 0.3 is 5.97 Å². The Kier molecular flexibility index (Phi) is 7.68. The lowest BCUT2D eigenvalue weighted by Gasteiger charge is -2.19. The van der Waals surface area contributed by atoms with Gasteiger partial charge in [0.2, 0.25) is 17.6 Å². The number of fused-ring (bicyclic) bond motifs is 2. The number of ether oxygens (including phenoxy) is 1. The van der Waals surface area contributed by atoms with Crippen molar-refractivity contribution in [3.05, 3.63) is 93.4 Å². The number of carbonyl (C=O) groups is 4. The molecule has 0 bridgehead atoms. The maximum Gasteiger partial charge on any atom is 0.339 e. The van der Waals surface area contributed by atoms with E-state index in [0.717, 1.165) is 30.2 Å². The molecule has 212 valence electrons. The zero-order chi connectivity index (χ0) is 29.5. The number of carbonyl (C=O) groups excluding carboxylic acids is 4. The topological polar surface area (TPSA) is 93.6 Å². The first-order valence-electron chi connectivity index (χ1n) is 13.8. The molecule has 42 heavy (non-hydrogen) atoms. The zero-order valence-electron chi connectivity index (χ0n) is 22.7. The Morgan fingerprint density at radius 1 is 0.929 bits per heavy atom.